The Morgan fingerprint density at radius 3 is 2.61 bits per heavy atom. The number of ether oxygens (including phenoxy) is 2. The van der Waals surface area contributed by atoms with Crippen molar-refractivity contribution in [3.05, 3.63) is 60.0 Å². The largest absolute Gasteiger partial charge is 0.487 e. The molecule has 0 spiro atoms. The third kappa shape index (κ3) is 3.49. The van der Waals surface area contributed by atoms with Crippen molar-refractivity contribution in [2.24, 2.45) is 0 Å². The van der Waals surface area contributed by atoms with Gasteiger partial charge in [-0.25, -0.2) is 4.98 Å². The van der Waals surface area contributed by atoms with Crippen LogP contribution in [0.25, 0.3) is 11.1 Å². The van der Waals surface area contributed by atoms with E-state index in [1.54, 1.807) is 0 Å². The lowest BCUT2D eigenvalue weighted by Gasteiger charge is -2.30. The number of fused-ring (bicyclic) bond motifs is 2. The zero-order valence-electron chi connectivity index (χ0n) is 17.3. The second kappa shape index (κ2) is 7.83. The van der Waals surface area contributed by atoms with Gasteiger partial charge in [0.05, 0.1) is 24.5 Å². The highest BCUT2D eigenvalue weighted by molar-refractivity contribution is 5.77. The van der Waals surface area contributed by atoms with Crippen LogP contribution in [0, 0.1) is 0 Å². The molecule has 6 rings (SSSR count). The van der Waals surface area contributed by atoms with Crippen LogP contribution in [-0.2, 0) is 11.3 Å². The summed E-state index contributed by atoms with van der Waals surface area (Å²) in [5.74, 6) is 2.23. The van der Waals surface area contributed by atoms with E-state index in [-0.39, 0.29) is 0 Å². The van der Waals surface area contributed by atoms with Crippen molar-refractivity contribution in [1.29, 1.82) is 0 Å². The third-order valence-electron chi connectivity index (χ3n) is 6.31. The summed E-state index contributed by atoms with van der Waals surface area (Å²) in [4.78, 5) is 11.7. The molecule has 158 valence electrons. The summed E-state index contributed by atoms with van der Waals surface area (Å²) in [5, 5.41) is 6.82. The van der Waals surface area contributed by atoms with E-state index in [1.807, 2.05) is 18.5 Å². The minimum atomic E-state index is 0.487. The van der Waals surface area contributed by atoms with E-state index >= 15 is 0 Å². The average molecular weight is 415 g/mol. The van der Waals surface area contributed by atoms with Gasteiger partial charge in [-0.3, -0.25) is 4.98 Å². The van der Waals surface area contributed by atoms with Crippen molar-refractivity contribution >= 4 is 17.2 Å². The van der Waals surface area contributed by atoms with Crippen molar-refractivity contribution in [1.82, 2.24) is 15.3 Å². The van der Waals surface area contributed by atoms with Crippen LogP contribution >= 0.6 is 0 Å². The van der Waals surface area contributed by atoms with Crippen LogP contribution in [0.3, 0.4) is 0 Å². The van der Waals surface area contributed by atoms with Crippen LogP contribution in [0.4, 0.5) is 17.2 Å². The molecule has 3 aromatic rings. The maximum Gasteiger partial charge on any atom is 0.143 e. The summed E-state index contributed by atoms with van der Waals surface area (Å²) in [5.41, 5.74) is 6.54. The molecule has 0 amide bonds. The highest BCUT2D eigenvalue weighted by atomic mass is 16.5. The van der Waals surface area contributed by atoms with E-state index in [2.05, 4.69) is 55.8 Å². The minimum absolute atomic E-state index is 0.487. The van der Waals surface area contributed by atoms with E-state index < -0.39 is 0 Å². The summed E-state index contributed by atoms with van der Waals surface area (Å²) in [6.07, 6.45) is 3.83. The van der Waals surface area contributed by atoms with E-state index in [9.17, 15) is 0 Å². The van der Waals surface area contributed by atoms with Crippen LogP contribution in [0.15, 0.2) is 48.8 Å². The first-order valence-corrected chi connectivity index (χ1v) is 10.9. The van der Waals surface area contributed by atoms with Gasteiger partial charge in [-0.15, -0.1) is 0 Å². The number of morpholine rings is 1. The van der Waals surface area contributed by atoms with Crippen molar-refractivity contribution in [3.8, 4) is 16.9 Å². The number of pyridine rings is 2. The Morgan fingerprint density at radius 1 is 0.968 bits per heavy atom. The molecule has 2 saturated heterocycles. The number of benzene rings is 1. The van der Waals surface area contributed by atoms with Crippen LogP contribution in [0.1, 0.15) is 17.2 Å². The quantitative estimate of drug-likeness (QED) is 0.680. The first-order valence-electron chi connectivity index (χ1n) is 10.9. The predicted octanol–water partition coefficient (Wildman–Crippen LogP) is 3.30. The lowest BCUT2D eigenvalue weighted by molar-refractivity contribution is 0.122. The molecule has 31 heavy (non-hydrogen) atoms. The maximum absolute atomic E-state index is 6.19. The topological polar surface area (TPSA) is 71.5 Å². The number of hydrogen-bond acceptors (Lipinski definition) is 7. The molecule has 1 aromatic carbocycles. The molecule has 5 heterocycles. The summed E-state index contributed by atoms with van der Waals surface area (Å²) >= 11 is 0. The molecule has 0 atom stereocenters. The molecular weight excluding hydrogens is 390 g/mol. The van der Waals surface area contributed by atoms with Crippen molar-refractivity contribution in [3.63, 3.8) is 0 Å². The number of nitrogens with one attached hydrogen (secondary N) is 2. The van der Waals surface area contributed by atoms with Gasteiger partial charge >= 0.3 is 0 Å². The second-order valence-electron chi connectivity index (χ2n) is 8.21. The molecule has 2 fully saturated rings. The average Bonchev–Trinajstić information content (AvgIpc) is 2.97. The normalized spacial score (nSPS) is 18.1. The van der Waals surface area contributed by atoms with Gasteiger partial charge in [0.15, 0.2) is 0 Å². The minimum Gasteiger partial charge on any atom is -0.487 e. The number of hydrogen-bond donors (Lipinski definition) is 2. The van der Waals surface area contributed by atoms with Crippen molar-refractivity contribution in [2.75, 3.05) is 49.6 Å². The zero-order valence-corrected chi connectivity index (χ0v) is 17.3. The lowest BCUT2D eigenvalue weighted by atomic mass is 9.97. The molecule has 3 aliphatic rings. The molecule has 0 saturated carbocycles. The third-order valence-corrected chi connectivity index (χ3v) is 6.31. The summed E-state index contributed by atoms with van der Waals surface area (Å²) in [6.45, 7) is 5.79. The van der Waals surface area contributed by atoms with Crippen LogP contribution in [0.5, 0.6) is 5.75 Å². The molecule has 3 aliphatic heterocycles. The molecule has 0 unspecified atom stereocenters. The number of nitrogens with zero attached hydrogens (tertiary/aromatic N) is 3. The molecule has 2 aromatic heterocycles. The Bertz CT molecular complexity index is 1090. The monoisotopic (exact) mass is 415 g/mol. The first-order chi connectivity index (χ1) is 15.3. The summed E-state index contributed by atoms with van der Waals surface area (Å²) in [7, 11) is 0. The number of rotatable bonds is 3. The van der Waals surface area contributed by atoms with Gasteiger partial charge in [-0.1, -0.05) is 12.1 Å². The Labute approximate surface area is 181 Å². The van der Waals surface area contributed by atoms with Gasteiger partial charge in [0, 0.05) is 61.4 Å². The molecule has 0 aliphatic carbocycles. The first kappa shape index (κ1) is 18.6. The molecule has 0 radical (unpaired) electrons. The Hall–Kier alpha value is -3.16. The fourth-order valence-corrected chi connectivity index (χ4v) is 4.36. The summed E-state index contributed by atoms with van der Waals surface area (Å²) in [6, 6.07) is 12.6. The van der Waals surface area contributed by atoms with Gasteiger partial charge in [0.2, 0.25) is 0 Å². The lowest BCUT2D eigenvalue weighted by Crippen LogP contribution is -2.40. The van der Waals surface area contributed by atoms with Gasteiger partial charge in [-0.05, 0) is 29.8 Å². The fourth-order valence-electron chi connectivity index (χ4n) is 4.36. The van der Waals surface area contributed by atoms with Crippen LogP contribution < -0.4 is 20.3 Å². The van der Waals surface area contributed by atoms with Crippen LogP contribution in [0.2, 0.25) is 0 Å². The van der Waals surface area contributed by atoms with Gasteiger partial charge in [0.25, 0.3) is 0 Å². The Kier molecular flexibility index (Phi) is 4.70. The Morgan fingerprint density at radius 2 is 1.84 bits per heavy atom. The molecule has 7 nitrogen and oxygen atoms in total. The second-order valence-corrected chi connectivity index (χ2v) is 8.21. The standard InChI is InChI=1S/C24H25N5O2/c1-3-20(18-12-25-13-18)27-14-17(1)16-2-4-23-21(11-16)28-24-19(15-31-23)22(5-6-26-24)29-7-9-30-10-8-29/h1-6,11,14,18,25H,7-10,12-13,15H2,(H,26,28). The van der Waals surface area contributed by atoms with Gasteiger partial charge in [0.1, 0.15) is 18.2 Å². The maximum atomic E-state index is 6.19. The molecular formula is C24H25N5O2. The number of aromatic nitrogens is 2. The number of anilines is 3. The molecule has 2 N–H and O–H groups in total. The Balaban J connectivity index is 1.30. The predicted molar refractivity (Wildman–Crippen MR) is 120 cm³/mol. The fraction of sp³-hybridized carbons (Fsp3) is 0.333. The molecule has 0 bridgehead atoms. The zero-order chi connectivity index (χ0) is 20.6. The smallest absolute Gasteiger partial charge is 0.143 e. The SMILES string of the molecule is c1cc(N2CCOCC2)c2c(n1)Nc1cc(-c3ccc(C4CNC4)nc3)ccc1OC2. The van der Waals surface area contributed by atoms with E-state index in [0.717, 1.165) is 79.0 Å². The van der Waals surface area contributed by atoms with Crippen LogP contribution in [-0.4, -0.2) is 49.4 Å². The van der Waals surface area contributed by atoms with E-state index in [1.165, 1.54) is 5.69 Å². The molecule has 7 heteroatoms. The van der Waals surface area contributed by atoms with Crippen molar-refractivity contribution in [2.45, 2.75) is 12.5 Å². The summed E-state index contributed by atoms with van der Waals surface area (Å²) < 4.78 is 11.7. The van der Waals surface area contributed by atoms with E-state index in [4.69, 9.17) is 9.47 Å². The highest BCUT2D eigenvalue weighted by Gasteiger charge is 2.23. The highest BCUT2D eigenvalue weighted by Crippen LogP contribution is 2.39. The van der Waals surface area contributed by atoms with E-state index in [0.29, 0.717) is 12.5 Å². The van der Waals surface area contributed by atoms with Gasteiger partial charge in [-0.2, -0.15) is 0 Å². The van der Waals surface area contributed by atoms with Gasteiger partial charge < -0.3 is 25.0 Å². The van der Waals surface area contributed by atoms with Crippen molar-refractivity contribution < 1.29 is 9.47 Å².